The Bertz CT molecular complexity index is 633. The summed E-state index contributed by atoms with van der Waals surface area (Å²) in [6, 6.07) is 5.90. The second-order valence-electron chi connectivity index (χ2n) is 4.73. The van der Waals surface area contributed by atoms with Gasteiger partial charge in [0.25, 0.3) is 5.56 Å². The summed E-state index contributed by atoms with van der Waals surface area (Å²) < 4.78 is 0. The summed E-state index contributed by atoms with van der Waals surface area (Å²) >= 11 is 0. The number of pyridine rings is 1. The monoisotopic (exact) mass is 272 g/mol. The van der Waals surface area contributed by atoms with Gasteiger partial charge in [0.05, 0.1) is 0 Å². The molecule has 7 nitrogen and oxygen atoms in total. The lowest BCUT2D eigenvalue weighted by Crippen LogP contribution is -2.47. The Hall–Kier alpha value is -2.44. The van der Waals surface area contributed by atoms with Crippen LogP contribution in [-0.4, -0.2) is 46.3 Å². The number of aryl methyl sites for hydroxylation is 1. The van der Waals surface area contributed by atoms with Crippen molar-refractivity contribution in [2.24, 2.45) is 0 Å². The van der Waals surface area contributed by atoms with Crippen LogP contribution in [0.2, 0.25) is 0 Å². The molecule has 0 aliphatic carbocycles. The Balaban J connectivity index is 1.69. The van der Waals surface area contributed by atoms with E-state index in [1.807, 2.05) is 23.1 Å². The highest BCUT2D eigenvalue weighted by Gasteiger charge is 2.19. The van der Waals surface area contributed by atoms with Crippen LogP contribution in [0.1, 0.15) is 5.69 Å². The zero-order valence-electron chi connectivity index (χ0n) is 11.3. The summed E-state index contributed by atoms with van der Waals surface area (Å²) in [4.78, 5) is 22.9. The van der Waals surface area contributed by atoms with E-state index in [0.29, 0.717) is 11.6 Å². The van der Waals surface area contributed by atoms with Crippen LogP contribution in [0, 0.1) is 6.92 Å². The summed E-state index contributed by atoms with van der Waals surface area (Å²) in [7, 11) is 0. The van der Waals surface area contributed by atoms with Crippen LogP contribution in [0.5, 0.6) is 0 Å². The number of nitrogens with zero attached hydrogens (tertiary/aromatic N) is 5. The highest BCUT2D eigenvalue weighted by Crippen LogP contribution is 2.14. The molecule has 104 valence electrons. The molecule has 1 saturated heterocycles. The predicted molar refractivity (Wildman–Crippen MR) is 76.1 cm³/mol. The van der Waals surface area contributed by atoms with E-state index >= 15 is 0 Å². The standard InChI is InChI=1S/C13H16N6O/c1-10-12(20)15-13(17-16-10)19-8-6-18(7-9-19)11-4-2-3-5-14-11/h2-5H,6-9H2,1H3,(H,15,17,20). The average molecular weight is 272 g/mol. The van der Waals surface area contributed by atoms with Gasteiger partial charge in [-0.15, -0.1) is 10.2 Å². The minimum absolute atomic E-state index is 0.179. The first-order valence-electron chi connectivity index (χ1n) is 6.58. The maximum Gasteiger partial charge on any atom is 0.273 e. The maximum absolute atomic E-state index is 11.6. The smallest absolute Gasteiger partial charge is 0.273 e. The number of rotatable bonds is 2. The van der Waals surface area contributed by atoms with Gasteiger partial charge in [-0.3, -0.25) is 9.78 Å². The summed E-state index contributed by atoms with van der Waals surface area (Å²) in [5.41, 5.74) is 0.211. The van der Waals surface area contributed by atoms with Gasteiger partial charge in [-0.2, -0.15) is 0 Å². The molecular weight excluding hydrogens is 256 g/mol. The van der Waals surface area contributed by atoms with E-state index < -0.39 is 0 Å². The van der Waals surface area contributed by atoms with Crippen molar-refractivity contribution in [3.8, 4) is 0 Å². The Morgan fingerprint density at radius 3 is 2.50 bits per heavy atom. The molecule has 1 fully saturated rings. The van der Waals surface area contributed by atoms with Crippen LogP contribution in [-0.2, 0) is 0 Å². The molecule has 1 aliphatic rings. The van der Waals surface area contributed by atoms with Crippen molar-refractivity contribution in [2.45, 2.75) is 6.92 Å². The quantitative estimate of drug-likeness (QED) is 0.841. The molecule has 7 heteroatoms. The molecule has 20 heavy (non-hydrogen) atoms. The van der Waals surface area contributed by atoms with E-state index in [9.17, 15) is 4.79 Å². The first-order valence-corrected chi connectivity index (χ1v) is 6.58. The van der Waals surface area contributed by atoms with E-state index in [1.165, 1.54) is 0 Å². The fraction of sp³-hybridized carbons (Fsp3) is 0.385. The topological polar surface area (TPSA) is 78.0 Å². The normalized spacial score (nSPS) is 15.4. The molecule has 0 unspecified atom stereocenters. The highest BCUT2D eigenvalue weighted by atomic mass is 16.1. The third-order valence-corrected chi connectivity index (χ3v) is 3.40. The largest absolute Gasteiger partial charge is 0.353 e. The number of nitrogens with one attached hydrogen (secondary N) is 1. The molecule has 1 N–H and O–H groups in total. The predicted octanol–water partition coefficient (Wildman–Crippen LogP) is 0.195. The van der Waals surface area contributed by atoms with Crippen LogP contribution in [0.25, 0.3) is 0 Å². The Morgan fingerprint density at radius 1 is 1.10 bits per heavy atom. The molecule has 0 amide bonds. The second-order valence-corrected chi connectivity index (χ2v) is 4.73. The van der Waals surface area contributed by atoms with Crippen molar-refractivity contribution < 1.29 is 0 Å². The van der Waals surface area contributed by atoms with E-state index in [2.05, 4.69) is 25.1 Å². The molecule has 0 spiro atoms. The minimum atomic E-state index is -0.179. The van der Waals surface area contributed by atoms with Gasteiger partial charge in [0, 0.05) is 32.4 Å². The fourth-order valence-corrected chi connectivity index (χ4v) is 2.22. The van der Waals surface area contributed by atoms with E-state index in [-0.39, 0.29) is 5.56 Å². The van der Waals surface area contributed by atoms with Crippen LogP contribution in [0.3, 0.4) is 0 Å². The average Bonchev–Trinajstić information content (AvgIpc) is 2.51. The van der Waals surface area contributed by atoms with Gasteiger partial charge in [0.2, 0.25) is 5.95 Å². The summed E-state index contributed by atoms with van der Waals surface area (Å²) in [5.74, 6) is 1.52. The summed E-state index contributed by atoms with van der Waals surface area (Å²) in [5, 5.41) is 7.92. The Labute approximate surface area is 116 Å². The first-order chi connectivity index (χ1) is 9.74. The number of hydrogen-bond acceptors (Lipinski definition) is 6. The van der Waals surface area contributed by atoms with Crippen molar-refractivity contribution in [3.63, 3.8) is 0 Å². The number of aromatic amines is 1. The molecule has 0 bridgehead atoms. The van der Waals surface area contributed by atoms with Crippen molar-refractivity contribution in [1.29, 1.82) is 0 Å². The SMILES string of the molecule is Cc1nnc(N2CCN(c3ccccn3)CC2)[nH]c1=O. The number of piperazine rings is 1. The van der Waals surface area contributed by atoms with Crippen molar-refractivity contribution in [1.82, 2.24) is 20.2 Å². The molecule has 2 aromatic rings. The number of hydrogen-bond donors (Lipinski definition) is 1. The van der Waals surface area contributed by atoms with Crippen LogP contribution < -0.4 is 15.4 Å². The van der Waals surface area contributed by atoms with Crippen LogP contribution in [0.4, 0.5) is 11.8 Å². The van der Waals surface area contributed by atoms with Crippen molar-refractivity contribution >= 4 is 11.8 Å². The van der Waals surface area contributed by atoms with Gasteiger partial charge < -0.3 is 9.80 Å². The van der Waals surface area contributed by atoms with Gasteiger partial charge in [0.1, 0.15) is 11.5 Å². The van der Waals surface area contributed by atoms with Gasteiger partial charge in [-0.25, -0.2) is 4.98 Å². The van der Waals surface area contributed by atoms with Crippen LogP contribution >= 0.6 is 0 Å². The minimum Gasteiger partial charge on any atom is -0.353 e. The zero-order chi connectivity index (χ0) is 13.9. The summed E-state index contributed by atoms with van der Waals surface area (Å²) in [6.07, 6.45) is 1.80. The number of H-pyrrole nitrogens is 1. The number of aromatic nitrogens is 4. The van der Waals surface area contributed by atoms with Gasteiger partial charge in [0.15, 0.2) is 0 Å². The van der Waals surface area contributed by atoms with E-state index in [4.69, 9.17) is 0 Å². The molecule has 3 heterocycles. The highest BCUT2D eigenvalue weighted by molar-refractivity contribution is 5.41. The Morgan fingerprint density at radius 2 is 1.85 bits per heavy atom. The molecule has 3 rings (SSSR count). The second kappa shape index (κ2) is 5.28. The third-order valence-electron chi connectivity index (χ3n) is 3.40. The number of anilines is 2. The van der Waals surface area contributed by atoms with E-state index in [0.717, 1.165) is 32.0 Å². The molecule has 0 radical (unpaired) electrons. The lowest BCUT2D eigenvalue weighted by Gasteiger charge is -2.35. The molecule has 0 aromatic carbocycles. The first kappa shape index (κ1) is 12.6. The van der Waals surface area contributed by atoms with Gasteiger partial charge >= 0.3 is 0 Å². The lowest BCUT2D eigenvalue weighted by molar-refractivity contribution is 0.627. The molecule has 0 atom stereocenters. The summed E-state index contributed by atoms with van der Waals surface area (Å²) in [6.45, 7) is 4.90. The van der Waals surface area contributed by atoms with Gasteiger partial charge in [-0.05, 0) is 19.1 Å². The molecule has 0 saturated carbocycles. The van der Waals surface area contributed by atoms with E-state index in [1.54, 1.807) is 13.1 Å². The molecular formula is C13H16N6O. The fourth-order valence-electron chi connectivity index (χ4n) is 2.22. The van der Waals surface area contributed by atoms with Crippen molar-refractivity contribution in [3.05, 3.63) is 40.4 Å². The lowest BCUT2D eigenvalue weighted by atomic mass is 10.3. The third kappa shape index (κ3) is 2.47. The maximum atomic E-state index is 11.6. The zero-order valence-corrected chi connectivity index (χ0v) is 11.3. The molecule has 2 aromatic heterocycles. The van der Waals surface area contributed by atoms with Crippen LogP contribution in [0.15, 0.2) is 29.2 Å². The van der Waals surface area contributed by atoms with Crippen molar-refractivity contribution in [2.75, 3.05) is 36.0 Å². The molecule has 1 aliphatic heterocycles. The Kier molecular flexibility index (Phi) is 3.32. The van der Waals surface area contributed by atoms with Gasteiger partial charge in [-0.1, -0.05) is 6.07 Å².